The number of aryl methyl sites for hydroxylation is 1. The Hall–Kier alpha value is -2.34. The summed E-state index contributed by atoms with van der Waals surface area (Å²) in [6.07, 6.45) is 2.42. The monoisotopic (exact) mass is 302 g/mol. The van der Waals surface area contributed by atoms with Crippen LogP contribution in [0.15, 0.2) is 30.5 Å². The number of anilines is 1. The zero-order chi connectivity index (χ0) is 15.9. The first-order chi connectivity index (χ1) is 10.6. The largest absolute Gasteiger partial charge is 0.453 e. The quantitative estimate of drug-likeness (QED) is 0.860. The predicted molar refractivity (Wildman–Crippen MR) is 85.6 cm³/mol. The molecule has 6 nitrogen and oxygen atoms in total. The summed E-state index contributed by atoms with van der Waals surface area (Å²) in [4.78, 5) is 11.1. The molecular formula is C16H22N4O2. The summed E-state index contributed by atoms with van der Waals surface area (Å²) >= 11 is 0. The number of nitrogens with zero attached hydrogens (tertiary/aromatic N) is 2. The van der Waals surface area contributed by atoms with E-state index in [4.69, 9.17) is 0 Å². The summed E-state index contributed by atoms with van der Waals surface area (Å²) < 4.78 is 6.47. The normalized spacial score (nSPS) is 10.5. The van der Waals surface area contributed by atoms with Crippen LogP contribution in [-0.4, -0.2) is 23.0 Å². The molecule has 1 aromatic heterocycles. The number of rotatable bonds is 6. The third-order valence-electron chi connectivity index (χ3n) is 3.51. The molecule has 0 aliphatic carbocycles. The van der Waals surface area contributed by atoms with Gasteiger partial charge < -0.3 is 10.1 Å². The molecule has 2 aromatic rings. The van der Waals surface area contributed by atoms with Gasteiger partial charge in [-0.05, 0) is 24.1 Å². The fraction of sp³-hybridized carbons (Fsp3) is 0.375. The topological polar surface area (TPSA) is 68.2 Å². The standard InChI is InChI=1S/C16H22N4O2/c1-4-15-13(11-18-20(15)2)10-17-9-12-5-7-14(8-6-12)19-16(21)22-3/h5-8,11,17H,4,9-10H2,1-3H3,(H,19,21). The Balaban J connectivity index is 1.85. The van der Waals surface area contributed by atoms with Gasteiger partial charge in [0.25, 0.3) is 0 Å². The van der Waals surface area contributed by atoms with Gasteiger partial charge in [-0.2, -0.15) is 5.10 Å². The first-order valence-corrected chi connectivity index (χ1v) is 7.28. The number of hydrogen-bond acceptors (Lipinski definition) is 4. The molecule has 2 N–H and O–H groups in total. The Morgan fingerprint density at radius 1 is 1.27 bits per heavy atom. The van der Waals surface area contributed by atoms with E-state index < -0.39 is 6.09 Å². The summed E-state index contributed by atoms with van der Waals surface area (Å²) in [6.45, 7) is 3.68. The van der Waals surface area contributed by atoms with Gasteiger partial charge in [0.1, 0.15) is 0 Å². The average Bonchev–Trinajstić information content (AvgIpc) is 2.89. The van der Waals surface area contributed by atoms with E-state index >= 15 is 0 Å². The maximum atomic E-state index is 11.1. The highest BCUT2D eigenvalue weighted by Gasteiger charge is 2.06. The zero-order valence-corrected chi connectivity index (χ0v) is 13.2. The third-order valence-corrected chi connectivity index (χ3v) is 3.51. The fourth-order valence-electron chi connectivity index (χ4n) is 2.33. The maximum absolute atomic E-state index is 11.1. The van der Waals surface area contributed by atoms with Crippen LogP contribution in [0.1, 0.15) is 23.7 Å². The van der Waals surface area contributed by atoms with Crippen LogP contribution in [0, 0.1) is 0 Å². The molecule has 0 aliphatic heterocycles. The minimum Gasteiger partial charge on any atom is -0.453 e. The molecule has 22 heavy (non-hydrogen) atoms. The molecule has 0 atom stereocenters. The van der Waals surface area contributed by atoms with Crippen LogP contribution in [0.25, 0.3) is 0 Å². The van der Waals surface area contributed by atoms with E-state index in [2.05, 4.69) is 27.4 Å². The molecule has 1 aromatic carbocycles. The second kappa shape index (κ2) is 7.61. The summed E-state index contributed by atoms with van der Waals surface area (Å²) in [7, 11) is 3.31. The van der Waals surface area contributed by atoms with Crippen LogP contribution < -0.4 is 10.6 Å². The number of amides is 1. The SMILES string of the molecule is CCc1c(CNCc2ccc(NC(=O)OC)cc2)cnn1C. The number of aromatic nitrogens is 2. The fourth-order valence-corrected chi connectivity index (χ4v) is 2.33. The van der Waals surface area contributed by atoms with Crippen LogP contribution in [0.3, 0.4) is 0 Å². The van der Waals surface area contributed by atoms with Crippen molar-refractivity contribution in [2.24, 2.45) is 7.05 Å². The van der Waals surface area contributed by atoms with Crippen LogP contribution in [0.4, 0.5) is 10.5 Å². The lowest BCUT2D eigenvalue weighted by atomic mass is 10.2. The average molecular weight is 302 g/mol. The van der Waals surface area contributed by atoms with E-state index in [1.807, 2.05) is 42.2 Å². The van der Waals surface area contributed by atoms with Gasteiger partial charge in [0.15, 0.2) is 0 Å². The molecule has 0 bridgehead atoms. The van der Waals surface area contributed by atoms with Gasteiger partial charge >= 0.3 is 6.09 Å². The molecule has 0 spiro atoms. The molecule has 0 aliphatic rings. The van der Waals surface area contributed by atoms with Crippen LogP contribution in [-0.2, 0) is 31.3 Å². The van der Waals surface area contributed by atoms with E-state index in [1.165, 1.54) is 18.4 Å². The van der Waals surface area contributed by atoms with Crippen molar-refractivity contribution in [2.45, 2.75) is 26.4 Å². The van der Waals surface area contributed by atoms with Crippen molar-refractivity contribution in [3.8, 4) is 0 Å². The molecule has 1 heterocycles. The highest BCUT2D eigenvalue weighted by molar-refractivity contribution is 5.84. The summed E-state index contributed by atoms with van der Waals surface area (Å²) in [5.41, 5.74) is 4.35. The minimum atomic E-state index is -0.463. The molecule has 0 unspecified atom stereocenters. The number of carbonyl (C=O) groups excluding carboxylic acids is 1. The third kappa shape index (κ3) is 4.08. The van der Waals surface area contributed by atoms with Crippen molar-refractivity contribution in [3.63, 3.8) is 0 Å². The van der Waals surface area contributed by atoms with Gasteiger partial charge in [0.2, 0.25) is 0 Å². The molecule has 0 fully saturated rings. The van der Waals surface area contributed by atoms with Crippen molar-refractivity contribution in [3.05, 3.63) is 47.3 Å². The molecule has 1 amide bonds. The molecular weight excluding hydrogens is 280 g/mol. The van der Waals surface area contributed by atoms with Gasteiger partial charge in [-0.3, -0.25) is 10.00 Å². The number of methoxy groups -OCH3 is 1. The lowest BCUT2D eigenvalue weighted by Gasteiger charge is -2.08. The molecule has 118 valence electrons. The van der Waals surface area contributed by atoms with Crippen molar-refractivity contribution in [1.82, 2.24) is 15.1 Å². The Kier molecular flexibility index (Phi) is 5.55. The van der Waals surface area contributed by atoms with Crippen molar-refractivity contribution in [1.29, 1.82) is 0 Å². The molecule has 0 saturated heterocycles. The number of hydrogen-bond donors (Lipinski definition) is 2. The smallest absolute Gasteiger partial charge is 0.411 e. The first-order valence-electron chi connectivity index (χ1n) is 7.28. The number of ether oxygens (including phenoxy) is 1. The van der Waals surface area contributed by atoms with Crippen molar-refractivity contribution < 1.29 is 9.53 Å². The molecule has 0 saturated carbocycles. The Morgan fingerprint density at radius 3 is 2.64 bits per heavy atom. The van der Waals surface area contributed by atoms with E-state index in [-0.39, 0.29) is 0 Å². The Morgan fingerprint density at radius 2 is 2.00 bits per heavy atom. The highest BCUT2D eigenvalue weighted by Crippen LogP contribution is 2.11. The Bertz CT molecular complexity index is 620. The molecule has 2 rings (SSSR count). The van der Waals surface area contributed by atoms with Crippen molar-refractivity contribution in [2.75, 3.05) is 12.4 Å². The minimum absolute atomic E-state index is 0.463. The molecule has 0 radical (unpaired) electrons. The first kappa shape index (κ1) is 16.0. The second-order valence-electron chi connectivity index (χ2n) is 5.01. The summed E-state index contributed by atoms with van der Waals surface area (Å²) in [5.74, 6) is 0. The van der Waals surface area contributed by atoms with E-state index in [0.717, 1.165) is 30.8 Å². The van der Waals surface area contributed by atoms with Crippen LogP contribution in [0.5, 0.6) is 0 Å². The van der Waals surface area contributed by atoms with Crippen LogP contribution >= 0.6 is 0 Å². The van der Waals surface area contributed by atoms with Gasteiger partial charge in [-0.1, -0.05) is 19.1 Å². The highest BCUT2D eigenvalue weighted by atomic mass is 16.5. The zero-order valence-electron chi connectivity index (χ0n) is 13.2. The molecule has 6 heteroatoms. The predicted octanol–water partition coefficient (Wildman–Crippen LogP) is 2.45. The lowest BCUT2D eigenvalue weighted by molar-refractivity contribution is 0.187. The van der Waals surface area contributed by atoms with E-state index in [0.29, 0.717) is 0 Å². The summed E-state index contributed by atoms with van der Waals surface area (Å²) in [6, 6.07) is 7.66. The number of nitrogens with one attached hydrogen (secondary N) is 2. The van der Waals surface area contributed by atoms with Gasteiger partial charge in [0, 0.05) is 37.1 Å². The number of carbonyl (C=O) groups is 1. The van der Waals surface area contributed by atoms with Gasteiger partial charge in [0.05, 0.1) is 13.3 Å². The second-order valence-corrected chi connectivity index (χ2v) is 5.01. The van der Waals surface area contributed by atoms with E-state index in [9.17, 15) is 4.79 Å². The van der Waals surface area contributed by atoms with E-state index in [1.54, 1.807) is 0 Å². The lowest BCUT2D eigenvalue weighted by Crippen LogP contribution is -2.14. The van der Waals surface area contributed by atoms with Gasteiger partial charge in [-0.25, -0.2) is 4.79 Å². The Labute approximate surface area is 130 Å². The summed E-state index contributed by atoms with van der Waals surface area (Å²) in [5, 5.41) is 10.3. The van der Waals surface area contributed by atoms with Crippen LogP contribution in [0.2, 0.25) is 0 Å². The maximum Gasteiger partial charge on any atom is 0.411 e. The van der Waals surface area contributed by atoms with Crippen molar-refractivity contribution >= 4 is 11.8 Å². The van der Waals surface area contributed by atoms with Gasteiger partial charge in [-0.15, -0.1) is 0 Å². The number of benzene rings is 1.